The van der Waals surface area contributed by atoms with Crippen molar-refractivity contribution in [3.05, 3.63) is 16.5 Å². The molecule has 0 aliphatic carbocycles. The van der Waals surface area contributed by atoms with Gasteiger partial charge in [0.05, 0.1) is 9.34 Å². The summed E-state index contributed by atoms with van der Waals surface area (Å²) in [4.78, 5) is 13.5. The fourth-order valence-electron chi connectivity index (χ4n) is 1.43. The molecule has 0 atom stereocenters. The van der Waals surface area contributed by atoms with Crippen LogP contribution in [0.2, 0.25) is 4.34 Å². The van der Waals surface area contributed by atoms with E-state index in [-0.39, 0.29) is 6.03 Å². The van der Waals surface area contributed by atoms with Crippen molar-refractivity contribution < 1.29 is 4.79 Å². The van der Waals surface area contributed by atoms with Gasteiger partial charge in [-0.3, -0.25) is 5.32 Å². The predicted octanol–water partition coefficient (Wildman–Crippen LogP) is 1.84. The zero-order valence-corrected chi connectivity index (χ0v) is 9.70. The van der Waals surface area contributed by atoms with E-state index in [1.54, 1.807) is 11.0 Å². The van der Waals surface area contributed by atoms with E-state index >= 15 is 0 Å². The molecular weight excluding hydrogens is 234 g/mol. The highest BCUT2D eigenvalue weighted by molar-refractivity contribution is 7.20. The summed E-state index contributed by atoms with van der Waals surface area (Å²) >= 11 is 7.14. The molecule has 0 bridgehead atoms. The summed E-state index contributed by atoms with van der Waals surface area (Å²) in [5.41, 5.74) is 0. The monoisotopic (exact) mass is 245 g/mol. The van der Waals surface area contributed by atoms with Crippen LogP contribution in [-0.4, -0.2) is 37.1 Å². The number of carbonyl (C=O) groups excluding carboxylic acids is 1. The van der Waals surface area contributed by atoms with Crippen LogP contribution >= 0.6 is 22.9 Å². The van der Waals surface area contributed by atoms with Gasteiger partial charge < -0.3 is 10.2 Å². The number of thiophene rings is 1. The van der Waals surface area contributed by atoms with Crippen LogP contribution in [0.25, 0.3) is 0 Å². The van der Waals surface area contributed by atoms with E-state index in [4.69, 9.17) is 11.6 Å². The maximum atomic E-state index is 11.7. The van der Waals surface area contributed by atoms with Crippen LogP contribution in [0.3, 0.4) is 0 Å². The Balaban J connectivity index is 1.91. The highest BCUT2D eigenvalue weighted by Crippen LogP contribution is 2.26. The number of amides is 2. The van der Waals surface area contributed by atoms with Gasteiger partial charge in [-0.1, -0.05) is 11.6 Å². The van der Waals surface area contributed by atoms with Crippen LogP contribution in [0, 0.1) is 0 Å². The Hall–Kier alpha value is -0.780. The zero-order valence-electron chi connectivity index (χ0n) is 8.12. The molecule has 2 heterocycles. The number of nitrogens with zero attached hydrogens (tertiary/aromatic N) is 1. The van der Waals surface area contributed by atoms with E-state index in [0.29, 0.717) is 4.34 Å². The number of urea groups is 1. The molecule has 1 aliphatic heterocycles. The van der Waals surface area contributed by atoms with Crippen molar-refractivity contribution in [2.24, 2.45) is 0 Å². The van der Waals surface area contributed by atoms with Gasteiger partial charge in [0, 0.05) is 26.2 Å². The molecule has 0 aromatic carbocycles. The number of hydrogen-bond donors (Lipinski definition) is 2. The summed E-state index contributed by atoms with van der Waals surface area (Å²) in [5, 5.41) is 6.82. The van der Waals surface area contributed by atoms with Gasteiger partial charge in [0.2, 0.25) is 0 Å². The van der Waals surface area contributed by atoms with Crippen molar-refractivity contribution >= 4 is 34.0 Å². The summed E-state index contributed by atoms with van der Waals surface area (Å²) in [6, 6.07) is 3.54. The average Bonchev–Trinajstić information content (AvgIpc) is 2.65. The molecule has 0 saturated carbocycles. The summed E-state index contributed by atoms with van der Waals surface area (Å²) in [7, 11) is 0. The van der Waals surface area contributed by atoms with E-state index in [9.17, 15) is 4.79 Å². The molecule has 1 fully saturated rings. The van der Waals surface area contributed by atoms with Gasteiger partial charge in [-0.05, 0) is 12.1 Å². The van der Waals surface area contributed by atoms with E-state index in [0.717, 1.165) is 31.2 Å². The van der Waals surface area contributed by atoms with Crippen molar-refractivity contribution in [3.8, 4) is 0 Å². The lowest BCUT2D eigenvalue weighted by Crippen LogP contribution is -2.47. The Morgan fingerprint density at radius 3 is 2.80 bits per heavy atom. The van der Waals surface area contributed by atoms with Crippen LogP contribution in [0.4, 0.5) is 9.80 Å². The Labute approximate surface area is 97.2 Å². The lowest BCUT2D eigenvalue weighted by atomic mass is 10.4. The molecule has 15 heavy (non-hydrogen) atoms. The minimum absolute atomic E-state index is 0.0463. The first-order valence-electron chi connectivity index (χ1n) is 4.78. The highest BCUT2D eigenvalue weighted by atomic mass is 35.5. The third-order valence-electron chi connectivity index (χ3n) is 2.21. The van der Waals surface area contributed by atoms with Crippen molar-refractivity contribution in [1.29, 1.82) is 0 Å². The number of carbonyl (C=O) groups is 1. The molecule has 1 aromatic rings. The topological polar surface area (TPSA) is 44.4 Å². The molecule has 0 radical (unpaired) electrons. The van der Waals surface area contributed by atoms with Crippen molar-refractivity contribution in [1.82, 2.24) is 10.2 Å². The Morgan fingerprint density at radius 2 is 2.20 bits per heavy atom. The number of nitrogens with one attached hydrogen (secondary N) is 2. The number of anilines is 1. The fourth-order valence-corrected chi connectivity index (χ4v) is 2.37. The van der Waals surface area contributed by atoms with Gasteiger partial charge in [0.25, 0.3) is 0 Å². The Morgan fingerprint density at radius 1 is 1.47 bits per heavy atom. The molecule has 1 aliphatic rings. The number of hydrogen-bond acceptors (Lipinski definition) is 3. The van der Waals surface area contributed by atoms with Crippen LogP contribution in [0.5, 0.6) is 0 Å². The van der Waals surface area contributed by atoms with E-state index in [1.165, 1.54) is 11.3 Å². The molecule has 6 heteroatoms. The summed E-state index contributed by atoms with van der Waals surface area (Å²) in [6.45, 7) is 3.23. The Kier molecular flexibility index (Phi) is 3.45. The fraction of sp³-hybridized carbons (Fsp3) is 0.444. The van der Waals surface area contributed by atoms with Crippen molar-refractivity contribution in [2.75, 3.05) is 31.5 Å². The second kappa shape index (κ2) is 4.83. The van der Waals surface area contributed by atoms with E-state index in [2.05, 4.69) is 10.6 Å². The maximum absolute atomic E-state index is 11.7. The standard InChI is InChI=1S/C9H12ClN3OS/c10-7-1-2-8(15-7)12-9(14)13-5-3-11-4-6-13/h1-2,11H,3-6H2,(H,12,14). The number of halogens is 1. The number of piperazine rings is 1. The van der Waals surface area contributed by atoms with Gasteiger partial charge in [-0.25, -0.2) is 4.79 Å². The molecule has 2 N–H and O–H groups in total. The second-order valence-corrected chi connectivity index (χ2v) is 4.99. The van der Waals surface area contributed by atoms with E-state index in [1.807, 2.05) is 6.07 Å². The number of rotatable bonds is 1. The lowest BCUT2D eigenvalue weighted by Gasteiger charge is -2.27. The minimum Gasteiger partial charge on any atom is -0.322 e. The first kappa shape index (κ1) is 10.7. The molecule has 1 saturated heterocycles. The third kappa shape index (κ3) is 2.84. The molecule has 1 aromatic heterocycles. The molecule has 4 nitrogen and oxygen atoms in total. The van der Waals surface area contributed by atoms with Gasteiger partial charge in [-0.15, -0.1) is 11.3 Å². The molecule has 2 rings (SSSR count). The first-order chi connectivity index (χ1) is 7.25. The van der Waals surface area contributed by atoms with Crippen LogP contribution in [0.15, 0.2) is 12.1 Å². The average molecular weight is 246 g/mol. The molecule has 82 valence electrons. The second-order valence-electron chi connectivity index (χ2n) is 3.27. The maximum Gasteiger partial charge on any atom is 0.322 e. The van der Waals surface area contributed by atoms with Gasteiger partial charge >= 0.3 is 6.03 Å². The summed E-state index contributed by atoms with van der Waals surface area (Å²) < 4.78 is 0.686. The Bertz CT molecular complexity index is 349. The zero-order chi connectivity index (χ0) is 10.7. The third-order valence-corrected chi connectivity index (χ3v) is 3.35. The summed E-state index contributed by atoms with van der Waals surface area (Å²) in [5.74, 6) is 0. The lowest BCUT2D eigenvalue weighted by molar-refractivity contribution is 0.204. The molecule has 0 unspecified atom stereocenters. The van der Waals surface area contributed by atoms with Crippen molar-refractivity contribution in [2.45, 2.75) is 0 Å². The van der Waals surface area contributed by atoms with Crippen molar-refractivity contribution in [3.63, 3.8) is 0 Å². The largest absolute Gasteiger partial charge is 0.322 e. The quantitative estimate of drug-likeness (QED) is 0.793. The first-order valence-corrected chi connectivity index (χ1v) is 5.97. The summed E-state index contributed by atoms with van der Waals surface area (Å²) in [6.07, 6.45) is 0. The van der Waals surface area contributed by atoms with Crippen LogP contribution in [-0.2, 0) is 0 Å². The van der Waals surface area contributed by atoms with Crippen LogP contribution in [0.1, 0.15) is 0 Å². The minimum atomic E-state index is -0.0463. The van der Waals surface area contributed by atoms with Gasteiger partial charge in [0.1, 0.15) is 0 Å². The predicted molar refractivity (Wildman–Crippen MR) is 62.8 cm³/mol. The van der Waals surface area contributed by atoms with E-state index < -0.39 is 0 Å². The normalized spacial score (nSPS) is 16.5. The SMILES string of the molecule is O=C(Nc1ccc(Cl)s1)N1CCNCC1. The smallest absolute Gasteiger partial charge is 0.322 e. The molecular formula is C9H12ClN3OS. The highest BCUT2D eigenvalue weighted by Gasteiger charge is 2.16. The molecule has 2 amide bonds. The van der Waals surface area contributed by atoms with Crippen LogP contribution < -0.4 is 10.6 Å². The van der Waals surface area contributed by atoms with Gasteiger partial charge in [0.15, 0.2) is 0 Å². The van der Waals surface area contributed by atoms with Gasteiger partial charge in [-0.2, -0.15) is 0 Å². The molecule has 0 spiro atoms.